The molecule has 0 aliphatic heterocycles. The molecule has 2 heterocycles. The fourth-order valence-electron chi connectivity index (χ4n) is 1.99. The van der Waals surface area contributed by atoms with Gasteiger partial charge in [0.25, 0.3) is 5.56 Å². The Morgan fingerprint density at radius 1 is 1.29 bits per heavy atom. The second-order valence-corrected chi connectivity index (χ2v) is 5.98. The fraction of sp³-hybridized carbons (Fsp3) is 0.0714. The summed E-state index contributed by atoms with van der Waals surface area (Å²) in [5.74, 6) is 0.258. The number of pyridine rings is 1. The zero-order valence-corrected chi connectivity index (χ0v) is 12.6. The first-order chi connectivity index (χ1) is 10.0. The number of aromatic amines is 1. The second-order valence-electron chi connectivity index (χ2n) is 4.49. The molecule has 0 fully saturated rings. The van der Waals surface area contributed by atoms with Crippen LogP contribution in [0.3, 0.4) is 0 Å². The number of nitrogens with zero attached hydrogens (tertiary/aromatic N) is 2. The Bertz CT molecular complexity index is 877. The first kappa shape index (κ1) is 13.9. The molecule has 3 rings (SSSR count). The van der Waals surface area contributed by atoms with Crippen LogP contribution in [0.4, 0.5) is 5.82 Å². The summed E-state index contributed by atoms with van der Waals surface area (Å²) in [5, 5.41) is 8.59. The summed E-state index contributed by atoms with van der Waals surface area (Å²) in [7, 11) is 0. The van der Waals surface area contributed by atoms with Crippen molar-refractivity contribution in [3.8, 4) is 0 Å². The minimum atomic E-state index is -0.275. The number of hydrogen-bond donors (Lipinski definition) is 2. The molecule has 0 saturated carbocycles. The lowest BCUT2D eigenvalue weighted by molar-refractivity contribution is 1.00. The number of aromatic nitrogens is 3. The number of halogens is 1. The van der Waals surface area contributed by atoms with Crippen molar-refractivity contribution >= 4 is 40.0 Å². The zero-order valence-electron chi connectivity index (χ0n) is 11.1. The summed E-state index contributed by atoms with van der Waals surface area (Å²) in [6.07, 6.45) is 0. The Labute approximate surface area is 129 Å². The molecule has 5 nitrogen and oxygen atoms in total. The molecule has 0 radical (unpaired) electrons. The largest absolute Gasteiger partial charge is 0.382 e. The van der Waals surface area contributed by atoms with E-state index < -0.39 is 0 Å². The zero-order chi connectivity index (χ0) is 15.0. The van der Waals surface area contributed by atoms with Crippen molar-refractivity contribution in [2.45, 2.75) is 16.8 Å². The smallest absolute Gasteiger partial charge is 0.272 e. The maximum Gasteiger partial charge on any atom is 0.272 e. The molecule has 0 aliphatic rings. The highest BCUT2D eigenvalue weighted by Gasteiger charge is 2.13. The topological polar surface area (TPSA) is 84.7 Å². The quantitative estimate of drug-likeness (QED) is 0.758. The first-order valence-corrected chi connectivity index (χ1v) is 7.33. The average Bonchev–Trinajstić information content (AvgIpc) is 2.45. The molecule has 0 bridgehead atoms. The molecule has 3 N–H and O–H groups in total. The Balaban J connectivity index is 2.20. The third-order valence-corrected chi connectivity index (χ3v) is 4.17. The third kappa shape index (κ3) is 2.72. The fourth-order valence-corrected chi connectivity index (χ4v) is 3.11. The van der Waals surface area contributed by atoms with E-state index in [2.05, 4.69) is 15.2 Å². The van der Waals surface area contributed by atoms with Crippen molar-refractivity contribution in [3.63, 3.8) is 0 Å². The molecule has 0 spiro atoms. The van der Waals surface area contributed by atoms with E-state index >= 15 is 0 Å². The number of rotatable bonds is 2. The van der Waals surface area contributed by atoms with Crippen molar-refractivity contribution < 1.29 is 0 Å². The van der Waals surface area contributed by atoms with Gasteiger partial charge in [-0.15, -0.1) is 0 Å². The van der Waals surface area contributed by atoms with Crippen molar-refractivity contribution in [1.82, 2.24) is 15.2 Å². The molecule has 0 atom stereocenters. The number of benzene rings is 1. The van der Waals surface area contributed by atoms with Crippen molar-refractivity contribution in [3.05, 3.63) is 51.4 Å². The minimum Gasteiger partial charge on any atom is -0.382 e. The van der Waals surface area contributed by atoms with Crippen LogP contribution in [0, 0.1) is 6.92 Å². The molecule has 106 valence electrons. The van der Waals surface area contributed by atoms with E-state index in [0.29, 0.717) is 20.8 Å². The van der Waals surface area contributed by atoms with Gasteiger partial charge in [0.15, 0.2) is 5.82 Å². The molecule has 21 heavy (non-hydrogen) atoms. The normalized spacial score (nSPS) is 11.0. The summed E-state index contributed by atoms with van der Waals surface area (Å²) in [5.41, 5.74) is 6.37. The van der Waals surface area contributed by atoms with Crippen molar-refractivity contribution in [2.75, 3.05) is 5.73 Å². The van der Waals surface area contributed by atoms with Crippen LogP contribution in [0.2, 0.25) is 5.02 Å². The Kier molecular flexibility index (Phi) is 3.57. The SMILES string of the molecule is Cc1cc2c(=O)[nH]nc(N)c2c(Sc2ccc(Cl)cc2)n1. The Morgan fingerprint density at radius 3 is 2.71 bits per heavy atom. The van der Waals surface area contributed by atoms with E-state index in [1.807, 2.05) is 19.1 Å². The number of nitrogen functional groups attached to an aromatic ring is 1. The first-order valence-electron chi connectivity index (χ1n) is 6.13. The van der Waals surface area contributed by atoms with Gasteiger partial charge >= 0.3 is 0 Å². The van der Waals surface area contributed by atoms with Crippen LogP contribution in [0.1, 0.15) is 5.69 Å². The predicted molar refractivity (Wildman–Crippen MR) is 84.9 cm³/mol. The molecule has 0 saturated heterocycles. The maximum atomic E-state index is 11.9. The Morgan fingerprint density at radius 2 is 2.00 bits per heavy atom. The lowest BCUT2D eigenvalue weighted by Gasteiger charge is -2.08. The van der Waals surface area contributed by atoms with Crippen LogP contribution in [-0.2, 0) is 0 Å². The number of H-pyrrole nitrogens is 1. The molecule has 1 aromatic carbocycles. The van der Waals surface area contributed by atoms with Gasteiger partial charge in [-0.1, -0.05) is 23.4 Å². The third-order valence-electron chi connectivity index (χ3n) is 2.92. The molecule has 0 unspecified atom stereocenters. The maximum absolute atomic E-state index is 11.9. The van der Waals surface area contributed by atoms with E-state index in [0.717, 1.165) is 10.6 Å². The predicted octanol–water partition coefficient (Wildman–Crippen LogP) is 3.01. The van der Waals surface area contributed by atoms with Gasteiger partial charge in [0.1, 0.15) is 5.03 Å². The van der Waals surface area contributed by atoms with Crippen LogP contribution in [0.25, 0.3) is 10.8 Å². The van der Waals surface area contributed by atoms with E-state index in [1.54, 1.807) is 18.2 Å². The highest BCUT2D eigenvalue weighted by Crippen LogP contribution is 2.33. The minimum absolute atomic E-state index is 0.258. The van der Waals surface area contributed by atoms with Gasteiger partial charge in [-0.3, -0.25) is 4.79 Å². The van der Waals surface area contributed by atoms with Crippen LogP contribution in [0.5, 0.6) is 0 Å². The van der Waals surface area contributed by atoms with Gasteiger partial charge in [-0.2, -0.15) is 5.10 Å². The number of aryl methyl sites for hydroxylation is 1. The van der Waals surface area contributed by atoms with Crippen LogP contribution in [-0.4, -0.2) is 15.2 Å². The van der Waals surface area contributed by atoms with Crippen molar-refractivity contribution in [2.24, 2.45) is 0 Å². The summed E-state index contributed by atoms with van der Waals surface area (Å²) >= 11 is 7.30. The summed E-state index contributed by atoms with van der Waals surface area (Å²) in [6.45, 7) is 1.83. The molecule has 2 aromatic heterocycles. The van der Waals surface area contributed by atoms with E-state index in [4.69, 9.17) is 17.3 Å². The van der Waals surface area contributed by atoms with E-state index in [9.17, 15) is 4.79 Å². The number of fused-ring (bicyclic) bond motifs is 1. The van der Waals surface area contributed by atoms with Crippen molar-refractivity contribution in [1.29, 1.82) is 0 Å². The number of nitrogens with one attached hydrogen (secondary N) is 1. The van der Waals surface area contributed by atoms with Gasteiger partial charge in [0, 0.05) is 15.6 Å². The Hall–Kier alpha value is -2.05. The molecule has 3 aromatic rings. The summed E-state index contributed by atoms with van der Waals surface area (Å²) in [6, 6.07) is 9.09. The van der Waals surface area contributed by atoms with Crippen LogP contribution >= 0.6 is 23.4 Å². The van der Waals surface area contributed by atoms with Gasteiger partial charge in [0.05, 0.1) is 10.8 Å². The monoisotopic (exact) mass is 318 g/mol. The highest BCUT2D eigenvalue weighted by atomic mass is 35.5. The van der Waals surface area contributed by atoms with Gasteiger partial charge in [-0.25, -0.2) is 10.1 Å². The summed E-state index contributed by atoms with van der Waals surface area (Å²) < 4.78 is 0. The standard InChI is InChI=1S/C14H11ClN4OS/c1-7-6-10-11(12(16)18-19-13(10)20)14(17-7)21-9-4-2-8(15)3-5-9/h2-6H,1H3,(H2,16,18)(H,19,20). The molecule has 0 aliphatic carbocycles. The van der Waals surface area contributed by atoms with Gasteiger partial charge < -0.3 is 5.73 Å². The van der Waals surface area contributed by atoms with Crippen LogP contribution < -0.4 is 11.3 Å². The number of anilines is 1. The average molecular weight is 319 g/mol. The molecule has 7 heteroatoms. The van der Waals surface area contributed by atoms with Gasteiger partial charge in [0.2, 0.25) is 0 Å². The summed E-state index contributed by atoms with van der Waals surface area (Å²) in [4.78, 5) is 17.3. The van der Waals surface area contributed by atoms with E-state index in [-0.39, 0.29) is 11.4 Å². The lowest BCUT2D eigenvalue weighted by Crippen LogP contribution is -2.12. The van der Waals surface area contributed by atoms with E-state index in [1.165, 1.54) is 11.8 Å². The lowest BCUT2D eigenvalue weighted by atomic mass is 10.2. The second kappa shape index (κ2) is 5.38. The molecular formula is C14H11ClN4OS. The highest BCUT2D eigenvalue weighted by molar-refractivity contribution is 7.99. The molecule has 0 amide bonds. The van der Waals surface area contributed by atoms with Crippen LogP contribution in [0.15, 0.2) is 45.0 Å². The number of hydrogen-bond acceptors (Lipinski definition) is 5. The number of nitrogens with two attached hydrogens (primary N) is 1. The van der Waals surface area contributed by atoms with Gasteiger partial charge in [-0.05, 0) is 37.3 Å². The molecular weight excluding hydrogens is 308 g/mol.